The third-order valence-corrected chi connectivity index (χ3v) is 8.90. The van der Waals surface area contributed by atoms with Crippen molar-refractivity contribution in [3.8, 4) is 11.1 Å². The summed E-state index contributed by atoms with van der Waals surface area (Å²) < 4.78 is 69.2. The molecule has 3 aromatic rings. The van der Waals surface area contributed by atoms with Crippen molar-refractivity contribution in [1.29, 1.82) is 0 Å². The minimum Gasteiger partial charge on any atom is -0.397 e. The second-order valence-corrected chi connectivity index (χ2v) is 11.5. The lowest BCUT2D eigenvalue weighted by Gasteiger charge is -2.36. The van der Waals surface area contributed by atoms with Crippen LogP contribution in [0.15, 0.2) is 102 Å². The first-order valence-electron chi connectivity index (χ1n) is 14.5. The van der Waals surface area contributed by atoms with Gasteiger partial charge in [-0.3, -0.25) is 4.99 Å². The van der Waals surface area contributed by atoms with Crippen LogP contribution in [0.1, 0.15) is 56.6 Å². The zero-order chi connectivity index (χ0) is 30.0. The number of allylic oxidation sites excluding steroid dienone is 4. The Bertz CT molecular complexity index is 1490. The monoisotopic (exact) mass is 578 g/mol. The molecule has 2 aliphatic carbocycles. The van der Waals surface area contributed by atoms with Crippen molar-refractivity contribution >= 4 is 17.1 Å². The van der Waals surface area contributed by atoms with Crippen molar-refractivity contribution in [3.05, 3.63) is 108 Å². The molecule has 5 unspecified atom stereocenters. The van der Waals surface area contributed by atoms with Gasteiger partial charge < -0.3 is 5.73 Å². The van der Waals surface area contributed by atoms with E-state index in [1.54, 1.807) is 18.2 Å². The third-order valence-electron chi connectivity index (χ3n) is 8.90. The van der Waals surface area contributed by atoms with Gasteiger partial charge in [-0.2, -0.15) is 13.2 Å². The van der Waals surface area contributed by atoms with Crippen LogP contribution in [0.3, 0.4) is 0 Å². The Morgan fingerprint density at radius 1 is 0.881 bits per heavy atom. The Labute approximate surface area is 243 Å². The summed E-state index contributed by atoms with van der Waals surface area (Å²) in [6.07, 6.45) is 0.795. The summed E-state index contributed by atoms with van der Waals surface area (Å²) in [5.74, 6) is -1.69. The van der Waals surface area contributed by atoms with E-state index < -0.39 is 29.3 Å². The SMILES string of the molecule is CCC1C(=Nc2cc(-c3ccc(C(F)(F)F)cc3)ccc2N)C(C2CC=C(F)C=C2F)C(c2ccccc2)CCC1C. The Morgan fingerprint density at radius 3 is 2.21 bits per heavy atom. The normalized spacial score (nSPS) is 26.0. The molecule has 5 rings (SSSR count). The molecular weight excluding hydrogens is 543 g/mol. The fourth-order valence-corrected chi connectivity index (χ4v) is 6.68. The maximum absolute atomic E-state index is 15.6. The molecule has 0 radical (unpaired) electrons. The van der Waals surface area contributed by atoms with Gasteiger partial charge in [0.25, 0.3) is 0 Å². The number of nitrogens with zero attached hydrogens (tertiary/aromatic N) is 1. The summed E-state index contributed by atoms with van der Waals surface area (Å²) in [4.78, 5) is 5.21. The first-order chi connectivity index (χ1) is 20.1. The van der Waals surface area contributed by atoms with E-state index in [-0.39, 0.29) is 30.1 Å². The summed E-state index contributed by atoms with van der Waals surface area (Å²) in [5, 5.41) is 0. The van der Waals surface area contributed by atoms with Gasteiger partial charge in [-0.25, -0.2) is 8.78 Å². The number of benzene rings is 3. The summed E-state index contributed by atoms with van der Waals surface area (Å²) >= 11 is 0. The van der Waals surface area contributed by atoms with Crippen LogP contribution in [0.5, 0.6) is 0 Å². The van der Waals surface area contributed by atoms with Gasteiger partial charge in [-0.1, -0.05) is 62.4 Å². The number of nitrogen functional groups attached to an aromatic ring is 1. The highest BCUT2D eigenvalue weighted by atomic mass is 19.4. The molecule has 2 N–H and O–H groups in total. The van der Waals surface area contributed by atoms with Crippen LogP contribution in [0, 0.1) is 23.7 Å². The number of hydrogen-bond donors (Lipinski definition) is 1. The Balaban J connectivity index is 1.66. The van der Waals surface area contributed by atoms with Gasteiger partial charge in [0.15, 0.2) is 0 Å². The number of alkyl halides is 3. The molecule has 42 heavy (non-hydrogen) atoms. The molecule has 1 fully saturated rings. The Hall–Kier alpha value is -3.74. The maximum atomic E-state index is 15.6. The van der Waals surface area contributed by atoms with Crippen LogP contribution < -0.4 is 5.73 Å². The lowest BCUT2D eigenvalue weighted by molar-refractivity contribution is -0.137. The van der Waals surface area contributed by atoms with Crippen LogP contribution in [0.4, 0.5) is 33.3 Å². The highest BCUT2D eigenvalue weighted by molar-refractivity contribution is 5.94. The van der Waals surface area contributed by atoms with E-state index in [9.17, 15) is 17.6 Å². The number of aliphatic imine (C=N–C) groups is 1. The standard InChI is InChI=1S/C35H35F5N2/c1-3-27-21(2)9-16-28(23-7-5-4-6-8-23)33(29-17-15-26(36)20-30(29)37)34(27)42-32-19-24(12-18-31(32)41)22-10-13-25(14-11-22)35(38,39)40/h4-8,10-15,18-21,27-29,33H,3,9,16-17,41H2,1-2H3. The van der Waals surface area contributed by atoms with E-state index in [4.69, 9.17) is 10.7 Å². The molecule has 3 aromatic carbocycles. The number of rotatable bonds is 5. The lowest BCUT2D eigenvalue weighted by Crippen LogP contribution is -2.35. The summed E-state index contributed by atoms with van der Waals surface area (Å²) in [6, 6.07) is 20.3. The van der Waals surface area contributed by atoms with E-state index in [0.29, 0.717) is 22.5 Å². The van der Waals surface area contributed by atoms with Gasteiger partial charge in [0.2, 0.25) is 0 Å². The first kappa shape index (κ1) is 29.7. The van der Waals surface area contributed by atoms with Crippen molar-refractivity contribution in [3.63, 3.8) is 0 Å². The summed E-state index contributed by atoms with van der Waals surface area (Å²) in [7, 11) is 0. The molecule has 5 atom stereocenters. The highest BCUT2D eigenvalue weighted by Gasteiger charge is 2.43. The predicted molar refractivity (Wildman–Crippen MR) is 160 cm³/mol. The van der Waals surface area contributed by atoms with Crippen molar-refractivity contribution in [2.45, 2.75) is 51.6 Å². The zero-order valence-corrected chi connectivity index (χ0v) is 23.7. The smallest absolute Gasteiger partial charge is 0.397 e. The Kier molecular flexibility index (Phi) is 8.67. The lowest BCUT2D eigenvalue weighted by atomic mass is 9.69. The van der Waals surface area contributed by atoms with E-state index in [1.165, 1.54) is 18.2 Å². The summed E-state index contributed by atoms with van der Waals surface area (Å²) in [5.41, 5.74) is 9.85. The average Bonchev–Trinajstić information content (AvgIpc) is 3.10. The van der Waals surface area contributed by atoms with Crippen LogP contribution in [0.2, 0.25) is 0 Å². The second-order valence-electron chi connectivity index (χ2n) is 11.5. The molecule has 0 spiro atoms. The van der Waals surface area contributed by atoms with Crippen LogP contribution >= 0.6 is 0 Å². The molecular formula is C35H35F5N2. The Morgan fingerprint density at radius 2 is 1.57 bits per heavy atom. The topological polar surface area (TPSA) is 38.4 Å². The molecule has 0 aliphatic heterocycles. The second kappa shape index (κ2) is 12.2. The fraction of sp³-hybridized carbons (Fsp3) is 0.343. The molecule has 0 saturated heterocycles. The molecule has 2 nitrogen and oxygen atoms in total. The number of hydrogen-bond acceptors (Lipinski definition) is 2. The average molecular weight is 579 g/mol. The zero-order valence-electron chi connectivity index (χ0n) is 23.7. The molecule has 1 saturated carbocycles. The van der Waals surface area contributed by atoms with Crippen molar-refractivity contribution in [2.75, 3.05) is 5.73 Å². The van der Waals surface area contributed by atoms with Crippen molar-refractivity contribution < 1.29 is 22.0 Å². The van der Waals surface area contributed by atoms with E-state index >= 15 is 4.39 Å². The molecule has 0 bridgehead atoms. The highest BCUT2D eigenvalue weighted by Crippen LogP contribution is 2.49. The van der Waals surface area contributed by atoms with Crippen molar-refractivity contribution in [2.24, 2.45) is 28.7 Å². The number of halogens is 5. The fourth-order valence-electron chi connectivity index (χ4n) is 6.68. The molecule has 220 valence electrons. The minimum atomic E-state index is -4.42. The van der Waals surface area contributed by atoms with Crippen LogP contribution in [-0.2, 0) is 6.18 Å². The molecule has 0 aromatic heterocycles. The number of nitrogens with two attached hydrogens (primary N) is 1. The molecule has 0 heterocycles. The van der Waals surface area contributed by atoms with Gasteiger partial charge in [-0.05, 0) is 90.5 Å². The van der Waals surface area contributed by atoms with Gasteiger partial charge in [0, 0.05) is 23.6 Å². The van der Waals surface area contributed by atoms with Crippen molar-refractivity contribution in [1.82, 2.24) is 0 Å². The van der Waals surface area contributed by atoms with Crippen LogP contribution in [-0.4, -0.2) is 5.71 Å². The molecule has 0 amide bonds. The molecule has 7 heteroatoms. The molecule has 2 aliphatic rings. The van der Waals surface area contributed by atoms with Gasteiger partial charge in [-0.15, -0.1) is 0 Å². The van der Waals surface area contributed by atoms with E-state index in [0.717, 1.165) is 48.7 Å². The third kappa shape index (κ3) is 6.20. The van der Waals surface area contributed by atoms with E-state index in [1.807, 2.05) is 18.2 Å². The van der Waals surface area contributed by atoms with Crippen LogP contribution in [0.25, 0.3) is 11.1 Å². The quantitative estimate of drug-likeness (QED) is 0.183. The number of anilines is 1. The largest absolute Gasteiger partial charge is 0.416 e. The first-order valence-corrected chi connectivity index (χ1v) is 14.5. The van der Waals surface area contributed by atoms with Gasteiger partial charge in [0.05, 0.1) is 16.9 Å². The minimum absolute atomic E-state index is 0.0398. The predicted octanol–water partition coefficient (Wildman–Crippen LogP) is 10.6. The summed E-state index contributed by atoms with van der Waals surface area (Å²) in [6.45, 7) is 4.30. The van der Waals surface area contributed by atoms with Gasteiger partial charge in [0.1, 0.15) is 11.7 Å². The van der Waals surface area contributed by atoms with E-state index in [2.05, 4.69) is 26.0 Å². The van der Waals surface area contributed by atoms with Gasteiger partial charge >= 0.3 is 6.18 Å². The maximum Gasteiger partial charge on any atom is 0.416 e.